The van der Waals surface area contributed by atoms with Gasteiger partial charge in [-0.1, -0.05) is 20.8 Å². The molecule has 0 spiro atoms. The van der Waals surface area contributed by atoms with Gasteiger partial charge in [-0.3, -0.25) is 4.79 Å². The summed E-state index contributed by atoms with van der Waals surface area (Å²) in [5.74, 6) is 0.315. The molecule has 0 bridgehead atoms. The lowest BCUT2D eigenvalue weighted by Crippen LogP contribution is -2.12. The molecule has 0 aromatic carbocycles. The summed E-state index contributed by atoms with van der Waals surface area (Å²) in [6.07, 6.45) is 2.30. The van der Waals surface area contributed by atoms with E-state index in [1.165, 1.54) is 13.8 Å². The number of hydrogen-bond acceptors (Lipinski definition) is 7. The standard InChI is InChI=1S/C13H26O5.C6H10O2.C2H6/c1-3-5-15-7-9-17-11-12-18-10-8-16-6-4-13(2)14;1-5(7)3-4-6(2)8;1-2/h3-12H2,1-2H3;3-4H2,1-2H3;1-2H3. The molecule has 0 fully saturated rings. The molecule has 0 N–H and O–H groups in total. The van der Waals surface area contributed by atoms with E-state index in [4.69, 9.17) is 18.9 Å². The molecule has 0 aromatic heterocycles. The Morgan fingerprint density at radius 2 is 0.786 bits per heavy atom. The molecule has 0 radical (unpaired) electrons. The van der Waals surface area contributed by atoms with Gasteiger partial charge in [-0.25, -0.2) is 0 Å². The highest BCUT2D eigenvalue weighted by molar-refractivity contribution is 5.83. The van der Waals surface area contributed by atoms with Crippen LogP contribution in [-0.2, 0) is 33.3 Å². The molecule has 0 aliphatic rings. The van der Waals surface area contributed by atoms with E-state index in [2.05, 4.69) is 6.92 Å². The van der Waals surface area contributed by atoms with Gasteiger partial charge in [0.15, 0.2) is 0 Å². The first-order valence-electron chi connectivity index (χ1n) is 10.2. The van der Waals surface area contributed by atoms with Crippen LogP contribution in [-0.4, -0.2) is 70.2 Å². The molecule has 0 heterocycles. The monoisotopic (exact) mass is 406 g/mol. The lowest BCUT2D eigenvalue weighted by molar-refractivity contribution is -0.122. The van der Waals surface area contributed by atoms with E-state index in [1.54, 1.807) is 6.92 Å². The second-order valence-electron chi connectivity index (χ2n) is 5.81. The lowest BCUT2D eigenvalue weighted by atomic mass is 10.2. The van der Waals surface area contributed by atoms with Gasteiger partial charge in [-0.15, -0.1) is 0 Å². The maximum Gasteiger partial charge on any atom is 0.132 e. The Morgan fingerprint density at radius 1 is 0.500 bits per heavy atom. The fourth-order valence-electron chi connectivity index (χ4n) is 1.47. The molecule has 0 atom stereocenters. The number of rotatable bonds is 17. The highest BCUT2D eigenvalue weighted by atomic mass is 16.6. The van der Waals surface area contributed by atoms with Crippen molar-refractivity contribution in [1.82, 2.24) is 0 Å². The first-order chi connectivity index (χ1) is 13.4. The Bertz CT molecular complexity index is 343. The van der Waals surface area contributed by atoms with E-state index in [0.717, 1.165) is 13.0 Å². The van der Waals surface area contributed by atoms with E-state index in [0.29, 0.717) is 65.5 Å². The van der Waals surface area contributed by atoms with Crippen molar-refractivity contribution in [2.24, 2.45) is 0 Å². The van der Waals surface area contributed by atoms with Crippen molar-refractivity contribution in [2.45, 2.75) is 67.2 Å². The van der Waals surface area contributed by atoms with Gasteiger partial charge in [0.25, 0.3) is 0 Å². The van der Waals surface area contributed by atoms with Gasteiger partial charge in [0.2, 0.25) is 0 Å². The van der Waals surface area contributed by atoms with Crippen molar-refractivity contribution in [2.75, 3.05) is 52.9 Å². The summed E-state index contributed by atoms with van der Waals surface area (Å²) in [4.78, 5) is 31.0. The van der Waals surface area contributed by atoms with Crippen molar-refractivity contribution in [3.8, 4) is 0 Å². The van der Waals surface area contributed by atoms with Gasteiger partial charge >= 0.3 is 0 Å². The summed E-state index contributed by atoms with van der Waals surface area (Å²) in [5, 5.41) is 0. The Morgan fingerprint density at radius 3 is 1.07 bits per heavy atom. The van der Waals surface area contributed by atoms with Crippen LogP contribution in [0.4, 0.5) is 0 Å². The van der Waals surface area contributed by atoms with Gasteiger partial charge in [0.1, 0.15) is 17.3 Å². The van der Waals surface area contributed by atoms with Crippen LogP contribution in [0, 0.1) is 0 Å². The van der Waals surface area contributed by atoms with Gasteiger partial charge in [-0.2, -0.15) is 0 Å². The van der Waals surface area contributed by atoms with Crippen LogP contribution in [0.3, 0.4) is 0 Å². The number of ketones is 3. The molecular formula is C21H42O7. The van der Waals surface area contributed by atoms with Crippen molar-refractivity contribution >= 4 is 17.3 Å². The Labute approximate surface area is 171 Å². The fraction of sp³-hybridized carbons (Fsp3) is 0.857. The summed E-state index contributed by atoms with van der Waals surface area (Å²) in [5.41, 5.74) is 0. The Kier molecular flexibility index (Phi) is 31.6. The average Bonchev–Trinajstić information content (AvgIpc) is 2.66. The maximum atomic E-state index is 10.6. The molecule has 0 unspecified atom stereocenters. The SMILES string of the molecule is CC.CC(=O)CCC(C)=O.CCCOCCOCCOCCOCCC(C)=O. The summed E-state index contributed by atoms with van der Waals surface area (Å²) in [6.45, 7) is 15.3. The quantitative estimate of drug-likeness (QED) is 0.342. The summed E-state index contributed by atoms with van der Waals surface area (Å²) < 4.78 is 21.1. The van der Waals surface area contributed by atoms with Crippen molar-refractivity contribution in [3.63, 3.8) is 0 Å². The van der Waals surface area contributed by atoms with Crippen LogP contribution in [0.5, 0.6) is 0 Å². The Hall–Kier alpha value is -1.15. The van der Waals surface area contributed by atoms with E-state index in [-0.39, 0.29) is 17.3 Å². The largest absolute Gasteiger partial charge is 0.379 e. The van der Waals surface area contributed by atoms with Gasteiger partial charge in [0.05, 0.1) is 46.2 Å². The van der Waals surface area contributed by atoms with Crippen molar-refractivity contribution < 1.29 is 33.3 Å². The summed E-state index contributed by atoms with van der Waals surface area (Å²) in [7, 11) is 0. The maximum absolute atomic E-state index is 10.6. The summed E-state index contributed by atoms with van der Waals surface area (Å²) >= 11 is 0. The normalized spacial score (nSPS) is 9.64. The van der Waals surface area contributed by atoms with Gasteiger partial charge in [0, 0.05) is 25.9 Å². The smallest absolute Gasteiger partial charge is 0.132 e. The zero-order valence-corrected chi connectivity index (χ0v) is 18.8. The van der Waals surface area contributed by atoms with Crippen molar-refractivity contribution in [1.29, 1.82) is 0 Å². The second kappa shape index (κ2) is 28.1. The van der Waals surface area contributed by atoms with Crippen LogP contribution < -0.4 is 0 Å². The van der Waals surface area contributed by atoms with Crippen LogP contribution in [0.15, 0.2) is 0 Å². The van der Waals surface area contributed by atoms with Crippen LogP contribution in [0.2, 0.25) is 0 Å². The predicted octanol–water partition coefficient (Wildman–Crippen LogP) is 3.41. The molecule has 0 amide bonds. The van der Waals surface area contributed by atoms with E-state index < -0.39 is 0 Å². The zero-order valence-electron chi connectivity index (χ0n) is 18.8. The molecule has 0 saturated heterocycles. The number of hydrogen-bond donors (Lipinski definition) is 0. The second-order valence-corrected chi connectivity index (χ2v) is 5.81. The van der Waals surface area contributed by atoms with Gasteiger partial charge in [-0.05, 0) is 27.2 Å². The minimum atomic E-state index is 0.0835. The third kappa shape index (κ3) is 39.8. The predicted molar refractivity (Wildman–Crippen MR) is 111 cm³/mol. The third-order valence-corrected chi connectivity index (χ3v) is 2.89. The Balaban J connectivity index is -0.000000522. The average molecular weight is 407 g/mol. The molecule has 7 nitrogen and oxygen atoms in total. The van der Waals surface area contributed by atoms with E-state index in [1.807, 2.05) is 13.8 Å². The fourth-order valence-corrected chi connectivity index (χ4v) is 1.47. The molecule has 7 heteroatoms. The molecule has 0 saturated carbocycles. The molecule has 0 aromatic rings. The van der Waals surface area contributed by atoms with Crippen LogP contribution in [0.1, 0.15) is 67.2 Å². The molecule has 0 aliphatic carbocycles. The molecule has 28 heavy (non-hydrogen) atoms. The topological polar surface area (TPSA) is 88.1 Å². The number of carbonyl (C=O) groups is 3. The van der Waals surface area contributed by atoms with Crippen LogP contribution >= 0.6 is 0 Å². The van der Waals surface area contributed by atoms with Crippen LogP contribution in [0.25, 0.3) is 0 Å². The minimum absolute atomic E-state index is 0.0835. The van der Waals surface area contributed by atoms with Crippen molar-refractivity contribution in [3.05, 3.63) is 0 Å². The number of ether oxygens (including phenoxy) is 4. The van der Waals surface area contributed by atoms with E-state index in [9.17, 15) is 14.4 Å². The molecule has 0 aliphatic heterocycles. The van der Waals surface area contributed by atoms with E-state index >= 15 is 0 Å². The minimum Gasteiger partial charge on any atom is -0.379 e. The zero-order chi connectivity index (χ0) is 22.0. The highest BCUT2D eigenvalue weighted by Gasteiger charge is 1.95. The van der Waals surface area contributed by atoms with Gasteiger partial charge < -0.3 is 28.5 Å². The number of carbonyl (C=O) groups excluding carboxylic acids is 3. The highest BCUT2D eigenvalue weighted by Crippen LogP contribution is 1.89. The first kappa shape index (κ1) is 31.5. The lowest BCUT2D eigenvalue weighted by Gasteiger charge is -2.06. The molecular weight excluding hydrogens is 364 g/mol. The molecule has 0 rings (SSSR count). The summed E-state index contributed by atoms with van der Waals surface area (Å²) in [6, 6.07) is 0. The third-order valence-electron chi connectivity index (χ3n) is 2.89. The molecule has 168 valence electrons. The first-order valence-corrected chi connectivity index (χ1v) is 10.2. The number of Topliss-reactive ketones (excluding diaryl/α,β-unsaturated/α-hetero) is 3.